The lowest BCUT2D eigenvalue weighted by Gasteiger charge is -2.22. The molecule has 1 fully saturated rings. The molecule has 0 saturated carbocycles. The standard InChI is InChI=1S/C14H18N2O4S/c17-6-2-1-3-12-9-14(11-15-10-12)21(18,19)16-13-4-7-20-8-5-13/h9-11,13,16-17H,2,4-8H2. The Morgan fingerprint density at radius 3 is 2.86 bits per heavy atom. The van der Waals surface area contributed by atoms with Crippen LogP contribution in [0.15, 0.2) is 23.4 Å². The van der Waals surface area contributed by atoms with Crippen LogP contribution in [0.2, 0.25) is 0 Å². The molecule has 21 heavy (non-hydrogen) atoms. The topological polar surface area (TPSA) is 88.5 Å². The van der Waals surface area contributed by atoms with Gasteiger partial charge in [0.1, 0.15) is 4.90 Å². The largest absolute Gasteiger partial charge is 0.395 e. The van der Waals surface area contributed by atoms with E-state index in [0.717, 1.165) is 0 Å². The van der Waals surface area contributed by atoms with Gasteiger partial charge >= 0.3 is 0 Å². The van der Waals surface area contributed by atoms with Crippen molar-refractivity contribution in [2.45, 2.75) is 30.2 Å². The minimum absolute atomic E-state index is 0.0241. The van der Waals surface area contributed by atoms with Crippen molar-refractivity contribution in [3.8, 4) is 11.8 Å². The molecule has 1 aromatic heterocycles. The molecule has 0 unspecified atom stereocenters. The van der Waals surface area contributed by atoms with E-state index in [2.05, 4.69) is 21.5 Å². The van der Waals surface area contributed by atoms with Crippen molar-refractivity contribution in [3.63, 3.8) is 0 Å². The summed E-state index contributed by atoms with van der Waals surface area (Å²) in [4.78, 5) is 4.02. The summed E-state index contributed by atoms with van der Waals surface area (Å²) in [5, 5.41) is 8.68. The van der Waals surface area contributed by atoms with E-state index in [0.29, 0.717) is 38.0 Å². The van der Waals surface area contributed by atoms with Crippen LogP contribution in [0, 0.1) is 11.8 Å². The van der Waals surface area contributed by atoms with E-state index in [1.54, 1.807) is 0 Å². The molecular weight excluding hydrogens is 292 g/mol. The average Bonchev–Trinajstić information content (AvgIpc) is 2.48. The highest BCUT2D eigenvalue weighted by atomic mass is 32.2. The van der Waals surface area contributed by atoms with Crippen LogP contribution in [0.25, 0.3) is 0 Å². The van der Waals surface area contributed by atoms with Crippen LogP contribution in [0.3, 0.4) is 0 Å². The Balaban J connectivity index is 2.12. The average molecular weight is 310 g/mol. The van der Waals surface area contributed by atoms with Gasteiger partial charge in [0.15, 0.2) is 0 Å². The Bertz CT molecular complexity index is 628. The molecule has 2 N–H and O–H groups in total. The third kappa shape index (κ3) is 4.79. The molecule has 0 atom stereocenters. The second-order valence-corrected chi connectivity index (χ2v) is 6.41. The highest BCUT2D eigenvalue weighted by Crippen LogP contribution is 2.13. The van der Waals surface area contributed by atoms with Crippen LogP contribution in [-0.4, -0.2) is 44.4 Å². The van der Waals surface area contributed by atoms with E-state index in [1.807, 2.05) is 0 Å². The monoisotopic (exact) mass is 310 g/mol. The number of aliphatic hydroxyl groups is 1. The molecule has 0 aliphatic carbocycles. The first-order valence-electron chi connectivity index (χ1n) is 6.76. The quantitative estimate of drug-likeness (QED) is 0.780. The first-order valence-corrected chi connectivity index (χ1v) is 8.25. The van der Waals surface area contributed by atoms with Crippen LogP contribution < -0.4 is 4.72 Å². The van der Waals surface area contributed by atoms with Gasteiger partial charge in [0.05, 0.1) is 6.61 Å². The predicted molar refractivity (Wildman–Crippen MR) is 77.0 cm³/mol. The minimum atomic E-state index is -3.60. The lowest BCUT2D eigenvalue weighted by Crippen LogP contribution is -2.38. The van der Waals surface area contributed by atoms with E-state index < -0.39 is 10.0 Å². The Hall–Kier alpha value is -1.46. The second kappa shape index (κ2) is 7.52. The zero-order chi connectivity index (χ0) is 15.1. The molecule has 0 radical (unpaired) electrons. The van der Waals surface area contributed by atoms with Gasteiger partial charge in [0.2, 0.25) is 10.0 Å². The molecule has 1 aliphatic heterocycles. The summed E-state index contributed by atoms with van der Waals surface area (Å²) in [5.74, 6) is 5.52. The molecular formula is C14H18N2O4S. The van der Waals surface area contributed by atoms with Crippen molar-refractivity contribution in [2.75, 3.05) is 19.8 Å². The Kier molecular flexibility index (Phi) is 5.70. The van der Waals surface area contributed by atoms with Gasteiger partial charge in [0, 0.05) is 43.6 Å². The fraction of sp³-hybridized carbons (Fsp3) is 0.500. The maximum absolute atomic E-state index is 12.3. The van der Waals surface area contributed by atoms with Crippen molar-refractivity contribution in [2.24, 2.45) is 0 Å². The van der Waals surface area contributed by atoms with Gasteiger partial charge in [-0.2, -0.15) is 0 Å². The van der Waals surface area contributed by atoms with Crippen LogP contribution in [-0.2, 0) is 14.8 Å². The first-order chi connectivity index (χ1) is 10.1. The van der Waals surface area contributed by atoms with E-state index in [1.165, 1.54) is 18.5 Å². The molecule has 1 saturated heterocycles. The highest BCUT2D eigenvalue weighted by molar-refractivity contribution is 7.89. The molecule has 1 aliphatic rings. The summed E-state index contributed by atoms with van der Waals surface area (Å²) >= 11 is 0. The number of pyridine rings is 1. The maximum Gasteiger partial charge on any atom is 0.242 e. The molecule has 2 heterocycles. The predicted octanol–water partition coefficient (Wildman–Crippen LogP) is 0.273. The summed E-state index contributed by atoms with van der Waals surface area (Å²) in [5.41, 5.74) is 0.512. The minimum Gasteiger partial charge on any atom is -0.395 e. The van der Waals surface area contributed by atoms with Crippen LogP contribution in [0.1, 0.15) is 24.8 Å². The van der Waals surface area contributed by atoms with Crippen LogP contribution in [0.5, 0.6) is 0 Å². The summed E-state index contributed by atoms with van der Waals surface area (Å²) in [6.45, 7) is 1.11. The Morgan fingerprint density at radius 1 is 1.38 bits per heavy atom. The zero-order valence-corrected chi connectivity index (χ0v) is 12.4. The number of aliphatic hydroxyl groups excluding tert-OH is 1. The molecule has 0 aromatic carbocycles. The van der Waals surface area contributed by atoms with Crippen LogP contribution >= 0.6 is 0 Å². The number of aromatic nitrogens is 1. The molecule has 0 bridgehead atoms. The maximum atomic E-state index is 12.3. The SMILES string of the molecule is O=S(=O)(NC1CCOCC1)c1cncc(C#CCCO)c1. The van der Waals surface area contributed by atoms with Crippen molar-refractivity contribution in [1.29, 1.82) is 0 Å². The zero-order valence-electron chi connectivity index (χ0n) is 11.6. The number of hydrogen-bond donors (Lipinski definition) is 2. The molecule has 2 rings (SSSR count). The van der Waals surface area contributed by atoms with E-state index in [-0.39, 0.29) is 17.5 Å². The van der Waals surface area contributed by atoms with Gasteiger partial charge in [-0.25, -0.2) is 13.1 Å². The summed E-state index contributed by atoms with van der Waals surface area (Å²) in [6.07, 6.45) is 4.49. The van der Waals surface area contributed by atoms with Crippen molar-refractivity contribution >= 4 is 10.0 Å². The van der Waals surface area contributed by atoms with Crippen molar-refractivity contribution in [1.82, 2.24) is 9.71 Å². The lowest BCUT2D eigenvalue weighted by atomic mass is 10.1. The summed E-state index contributed by atoms with van der Waals surface area (Å²) < 4.78 is 32.5. The van der Waals surface area contributed by atoms with E-state index in [9.17, 15) is 8.42 Å². The van der Waals surface area contributed by atoms with E-state index >= 15 is 0 Å². The first kappa shape index (κ1) is 15.9. The van der Waals surface area contributed by atoms with Gasteiger partial charge < -0.3 is 9.84 Å². The fourth-order valence-electron chi connectivity index (χ4n) is 1.96. The lowest BCUT2D eigenvalue weighted by molar-refractivity contribution is 0.0832. The smallest absolute Gasteiger partial charge is 0.242 e. The summed E-state index contributed by atoms with van der Waals surface area (Å²) in [6, 6.07) is 1.38. The highest BCUT2D eigenvalue weighted by Gasteiger charge is 2.22. The molecule has 7 heteroatoms. The summed E-state index contributed by atoms with van der Waals surface area (Å²) in [7, 11) is -3.60. The number of ether oxygens (including phenoxy) is 1. The molecule has 0 spiro atoms. The van der Waals surface area contributed by atoms with E-state index in [4.69, 9.17) is 9.84 Å². The Morgan fingerprint density at radius 2 is 2.14 bits per heavy atom. The van der Waals surface area contributed by atoms with Crippen molar-refractivity contribution in [3.05, 3.63) is 24.0 Å². The molecule has 0 amide bonds. The molecule has 114 valence electrons. The number of sulfonamides is 1. The third-order valence-electron chi connectivity index (χ3n) is 3.04. The fourth-order valence-corrected chi connectivity index (χ4v) is 3.25. The third-order valence-corrected chi connectivity index (χ3v) is 4.52. The molecule has 1 aromatic rings. The van der Waals surface area contributed by atoms with Crippen molar-refractivity contribution < 1.29 is 18.3 Å². The second-order valence-electron chi connectivity index (χ2n) is 4.69. The van der Waals surface area contributed by atoms with Gasteiger partial charge in [-0.15, -0.1) is 0 Å². The van der Waals surface area contributed by atoms with Gasteiger partial charge in [-0.3, -0.25) is 4.98 Å². The molecule has 6 nitrogen and oxygen atoms in total. The number of rotatable bonds is 4. The number of hydrogen-bond acceptors (Lipinski definition) is 5. The van der Waals surface area contributed by atoms with Gasteiger partial charge in [-0.05, 0) is 18.9 Å². The van der Waals surface area contributed by atoms with Gasteiger partial charge in [0.25, 0.3) is 0 Å². The normalized spacial score (nSPS) is 16.2. The number of nitrogens with one attached hydrogen (secondary N) is 1. The number of nitrogens with zero attached hydrogens (tertiary/aromatic N) is 1. The van der Waals surface area contributed by atoms with Gasteiger partial charge in [-0.1, -0.05) is 11.8 Å². The van der Waals surface area contributed by atoms with Crippen LogP contribution in [0.4, 0.5) is 0 Å². The Labute approximate surface area is 124 Å².